The maximum atomic E-state index is 13.3. The van der Waals surface area contributed by atoms with Gasteiger partial charge in [-0.25, -0.2) is 4.39 Å². The lowest BCUT2D eigenvalue weighted by Gasteiger charge is -2.31. The minimum Gasteiger partial charge on any atom is -0.389 e. The first kappa shape index (κ1) is 13.3. The van der Waals surface area contributed by atoms with Crippen LogP contribution in [0.25, 0.3) is 0 Å². The summed E-state index contributed by atoms with van der Waals surface area (Å²) < 4.78 is 13.3. The van der Waals surface area contributed by atoms with E-state index in [1.54, 1.807) is 13.0 Å². The van der Waals surface area contributed by atoms with Crippen molar-refractivity contribution in [3.8, 4) is 0 Å². The predicted molar refractivity (Wildman–Crippen MR) is 72.2 cm³/mol. The number of benzene rings is 1. The lowest BCUT2D eigenvalue weighted by atomic mass is 10.1. The van der Waals surface area contributed by atoms with Crippen LogP contribution in [-0.4, -0.2) is 17.7 Å². The molecule has 0 unspecified atom stereocenters. The second-order valence-corrected chi connectivity index (χ2v) is 5.57. The molecule has 0 aliphatic heterocycles. The lowest BCUT2D eigenvalue weighted by molar-refractivity contribution is 0.199. The molecule has 1 atom stereocenters. The number of aliphatic hydroxyl groups excluding tert-OH is 1. The van der Waals surface area contributed by atoms with Crippen LogP contribution in [0, 0.1) is 11.7 Å². The Morgan fingerprint density at radius 2 is 2.00 bits per heavy atom. The van der Waals surface area contributed by atoms with Crippen molar-refractivity contribution >= 4 is 5.69 Å². The summed E-state index contributed by atoms with van der Waals surface area (Å²) >= 11 is 0. The van der Waals surface area contributed by atoms with E-state index in [9.17, 15) is 9.50 Å². The maximum absolute atomic E-state index is 13.3. The molecular formula is C15H22FNO. The first-order valence-corrected chi connectivity index (χ1v) is 6.73. The highest BCUT2D eigenvalue weighted by Gasteiger charge is 2.27. The van der Waals surface area contributed by atoms with Gasteiger partial charge >= 0.3 is 0 Å². The standard InChI is InChI=1S/C15H22FNO/c1-10(2)17(9-12-4-5-12)15-7-6-13(16)8-14(15)11(3)18/h6-8,10-12,18H,4-5,9H2,1-3H3/t11-/m0/s1. The van der Waals surface area contributed by atoms with Gasteiger partial charge in [0.15, 0.2) is 0 Å². The molecule has 0 heterocycles. The minimum atomic E-state index is -0.642. The quantitative estimate of drug-likeness (QED) is 0.865. The van der Waals surface area contributed by atoms with E-state index in [4.69, 9.17) is 0 Å². The average Bonchev–Trinajstić information content (AvgIpc) is 3.09. The summed E-state index contributed by atoms with van der Waals surface area (Å²) in [6, 6.07) is 5.07. The largest absolute Gasteiger partial charge is 0.389 e. The van der Waals surface area contributed by atoms with Crippen LogP contribution in [0.15, 0.2) is 18.2 Å². The zero-order chi connectivity index (χ0) is 13.3. The second kappa shape index (κ2) is 5.27. The molecule has 1 aromatic carbocycles. The highest BCUT2D eigenvalue weighted by molar-refractivity contribution is 5.55. The van der Waals surface area contributed by atoms with Crippen molar-refractivity contribution in [2.24, 2.45) is 5.92 Å². The van der Waals surface area contributed by atoms with Gasteiger partial charge in [-0.3, -0.25) is 0 Å². The average molecular weight is 251 g/mol. The number of anilines is 1. The molecule has 1 fully saturated rings. The zero-order valence-corrected chi connectivity index (χ0v) is 11.4. The molecule has 0 saturated heterocycles. The fourth-order valence-corrected chi connectivity index (χ4v) is 2.29. The Bertz CT molecular complexity index is 413. The summed E-state index contributed by atoms with van der Waals surface area (Å²) in [6.07, 6.45) is 1.93. The molecule has 1 N–H and O–H groups in total. The summed E-state index contributed by atoms with van der Waals surface area (Å²) in [7, 11) is 0. The number of aliphatic hydroxyl groups is 1. The van der Waals surface area contributed by atoms with Crippen LogP contribution in [0.1, 0.15) is 45.3 Å². The summed E-state index contributed by atoms with van der Waals surface area (Å²) in [5, 5.41) is 9.82. The molecule has 2 nitrogen and oxygen atoms in total. The Balaban J connectivity index is 2.32. The van der Waals surface area contributed by atoms with Gasteiger partial charge in [0.2, 0.25) is 0 Å². The van der Waals surface area contributed by atoms with Crippen LogP contribution in [0.5, 0.6) is 0 Å². The molecule has 100 valence electrons. The molecule has 2 rings (SSSR count). The predicted octanol–water partition coefficient (Wildman–Crippen LogP) is 3.50. The lowest BCUT2D eigenvalue weighted by Crippen LogP contribution is -2.33. The first-order valence-electron chi connectivity index (χ1n) is 6.73. The van der Waals surface area contributed by atoms with Gasteiger partial charge in [0.25, 0.3) is 0 Å². The Morgan fingerprint density at radius 1 is 1.33 bits per heavy atom. The highest BCUT2D eigenvalue weighted by Crippen LogP contribution is 2.35. The van der Waals surface area contributed by atoms with Crippen LogP contribution in [-0.2, 0) is 0 Å². The number of hydrogen-bond donors (Lipinski definition) is 1. The van der Waals surface area contributed by atoms with Gasteiger partial charge in [0.1, 0.15) is 5.82 Å². The molecule has 1 aromatic rings. The second-order valence-electron chi connectivity index (χ2n) is 5.57. The summed E-state index contributed by atoms with van der Waals surface area (Å²) in [6.45, 7) is 6.96. The molecule has 1 saturated carbocycles. The zero-order valence-electron chi connectivity index (χ0n) is 11.4. The third-order valence-electron chi connectivity index (χ3n) is 3.52. The Kier molecular flexibility index (Phi) is 3.91. The summed E-state index contributed by atoms with van der Waals surface area (Å²) in [5.74, 6) is 0.476. The smallest absolute Gasteiger partial charge is 0.123 e. The number of hydrogen-bond acceptors (Lipinski definition) is 2. The third kappa shape index (κ3) is 3.02. The molecule has 0 radical (unpaired) electrons. The van der Waals surface area contributed by atoms with Gasteiger partial charge in [-0.15, -0.1) is 0 Å². The summed E-state index contributed by atoms with van der Waals surface area (Å²) in [5.41, 5.74) is 1.65. The molecule has 0 spiro atoms. The first-order chi connectivity index (χ1) is 8.49. The van der Waals surface area contributed by atoms with Crippen molar-refractivity contribution in [3.05, 3.63) is 29.6 Å². The van der Waals surface area contributed by atoms with Gasteiger partial charge in [-0.2, -0.15) is 0 Å². The Morgan fingerprint density at radius 3 is 2.50 bits per heavy atom. The van der Waals surface area contributed by atoms with Gasteiger partial charge in [0.05, 0.1) is 6.10 Å². The van der Waals surface area contributed by atoms with Crippen LogP contribution < -0.4 is 4.90 Å². The SMILES string of the molecule is CC(C)N(CC1CC1)c1ccc(F)cc1[C@H](C)O. The molecule has 0 aromatic heterocycles. The molecule has 0 bridgehead atoms. The van der Waals surface area contributed by atoms with E-state index in [0.717, 1.165) is 18.2 Å². The Labute approximate surface area is 108 Å². The van der Waals surface area contributed by atoms with Crippen LogP contribution in [0.4, 0.5) is 10.1 Å². The van der Waals surface area contributed by atoms with Crippen molar-refractivity contribution in [2.75, 3.05) is 11.4 Å². The topological polar surface area (TPSA) is 23.5 Å². The van der Waals surface area contributed by atoms with E-state index in [1.807, 2.05) is 0 Å². The maximum Gasteiger partial charge on any atom is 0.123 e. The van der Waals surface area contributed by atoms with Gasteiger partial charge in [-0.05, 0) is 57.7 Å². The van der Waals surface area contributed by atoms with E-state index in [2.05, 4.69) is 18.7 Å². The fourth-order valence-electron chi connectivity index (χ4n) is 2.29. The molecule has 0 amide bonds. The molecular weight excluding hydrogens is 229 g/mol. The third-order valence-corrected chi connectivity index (χ3v) is 3.52. The molecule has 3 heteroatoms. The van der Waals surface area contributed by atoms with E-state index < -0.39 is 6.10 Å². The van der Waals surface area contributed by atoms with Crippen molar-refractivity contribution in [1.29, 1.82) is 0 Å². The normalized spacial score (nSPS) is 17.0. The number of rotatable bonds is 5. The van der Waals surface area contributed by atoms with Crippen molar-refractivity contribution in [2.45, 2.75) is 45.8 Å². The van der Waals surface area contributed by atoms with Crippen LogP contribution >= 0.6 is 0 Å². The van der Waals surface area contributed by atoms with E-state index in [1.165, 1.54) is 25.0 Å². The molecule has 18 heavy (non-hydrogen) atoms. The van der Waals surface area contributed by atoms with E-state index >= 15 is 0 Å². The van der Waals surface area contributed by atoms with E-state index in [0.29, 0.717) is 11.6 Å². The molecule has 1 aliphatic rings. The number of halogens is 1. The summed E-state index contributed by atoms with van der Waals surface area (Å²) in [4.78, 5) is 2.28. The monoisotopic (exact) mass is 251 g/mol. The molecule has 1 aliphatic carbocycles. The van der Waals surface area contributed by atoms with Crippen LogP contribution in [0.2, 0.25) is 0 Å². The van der Waals surface area contributed by atoms with Gasteiger partial charge in [0, 0.05) is 23.8 Å². The van der Waals surface area contributed by atoms with E-state index in [-0.39, 0.29) is 5.82 Å². The van der Waals surface area contributed by atoms with Gasteiger partial charge < -0.3 is 10.0 Å². The van der Waals surface area contributed by atoms with Crippen molar-refractivity contribution < 1.29 is 9.50 Å². The van der Waals surface area contributed by atoms with Gasteiger partial charge in [-0.1, -0.05) is 0 Å². The Hall–Kier alpha value is -1.09. The van der Waals surface area contributed by atoms with Crippen molar-refractivity contribution in [3.63, 3.8) is 0 Å². The van der Waals surface area contributed by atoms with Crippen LogP contribution in [0.3, 0.4) is 0 Å². The minimum absolute atomic E-state index is 0.287. The highest BCUT2D eigenvalue weighted by atomic mass is 19.1. The number of nitrogens with zero attached hydrogens (tertiary/aromatic N) is 1. The van der Waals surface area contributed by atoms with Crippen molar-refractivity contribution in [1.82, 2.24) is 0 Å². The fraction of sp³-hybridized carbons (Fsp3) is 0.600.